The minimum Gasteiger partial charge on any atom is -0.324 e. The van der Waals surface area contributed by atoms with Gasteiger partial charge < -0.3 is 5.73 Å². The van der Waals surface area contributed by atoms with Crippen molar-refractivity contribution in [1.82, 2.24) is 0 Å². The van der Waals surface area contributed by atoms with E-state index in [1.54, 1.807) is 0 Å². The van der Waals surface area contributed by atoms with Gasteiger partial charge in [0.1, 0.15) is 0 Å². The lowest BCUT2D eigenvalue weighted by Gasteiger charge is -2.11. The van der Waals surface area contributed by atoms with Gasteiger partial charge in [0.05, 0.1) is 0 Å². The molecule has 0 aliphatic heterocycles. The summed E-state index contributed by atoms with van der Waals surface area (Å²) in [7, 11) is 0. The molecule has 94 valence electrons. The number of allylic oxidation sites excluding steroid dienone is 1. The Labute approximate surface area is 106 Å². The van der Waals surface area contributed by atoms with Crippen molar-refractivity contribution in [2.45, 2.75) is 51.0 Å². The fraction of sp³-hybridized carbons (Fsp3) is 0.500. The predicted octanol–water partition coefficient (Wildman–Crippen LogP) is 4.60. The molecule has 1 aromatic carbocycles. The summed E-state index contributed by atoms with van der Waals surface area (Å²) in [5, 5.41) is 0. The molecule has 0 saturated heterocycles. The maximum absolute atomic E-state index is 6.14. The summed E-state index contributed by atoms with van der Waals surface area (Å²) < 4.78 is 0. The molecule has 0 heterocycles. The molecule has 0 aliphatic rings. The molecule has 0 fully saturated rings. The van der Waals surface area contributed by atoms with E-state index >= 15 is 0 Å². The number of hydrogen-bond acceptors (Lipinski definition) is 1. The lowest BCUT2D eigenvalue weighted by atomic mass is 10.0. The quantitative estimate of drug-likeness (QED) is 0.487. The van der Waals surface area contributed by atoms with Gasteiger partial charge in [-0.05, 0) is 24.8 Å². The third kappa shape index (κ3) is 6.28. The van der Waals surface area contributed by atoms with Crippen LogP contribution in [0.2, 0.25) is 0 Å². The van der Waals surface area contributed by atoms with Crippen LogP contribution in [0.3, 0.4) is 0 Å². The van der Waals surface area contributed by atoms with Gasteiger partial charge in [0, 0.05) is 6.04 Å². The molecule has 0 amide bonds. The lowest BCUT2D eigenvalue weighted by molar-refractivity contribution is 0.550. The standard InChI is InChI=1S/C16H25N/c1-2-3-4-5-6-7-11-14-16(17)15-12-9-8-10-13-15/h2,8-10,12-13,16H,1,3-7,11,14,17H2. The Bertz CT molecular complexity index is 292. The van der Waals surface area contributed by atoms with E-state index < -0.39 is 0 Å². The van der Waals surface area contributed by atoms with Gasteiger partial charge in [0.2, 0.25) is 0 Å². The molecule has 1 nitrogen and oxygen atoms in total. The molecular weight excluding hydrogens is 206 g/mol. The molecular formula is C16H25N. The van der Waals surface area contributed by atoms with Crippen LogP contribution in [0, 0.1) is 0 Å². The topological polar surface area (TPSA) is 26.0 Å². The summed E-state index contributed by atoms with van der Waals surface area (Å²) in [5.41, 5.74) is 7.41. The van der Waals surface area contributed by atoms with Crippen molar-refractivity contribution >= 4 is 0 Å². The van der Waals surface area contributed by atoms with Crippen LogP contribution in [0.1, 0.15) is 56.6 Å². The Morgan fingerprint density at radius 2 is 1.65 bits per heavy atom. The van der Waals surface area contributed by atoms with Crippen molar-refractivity contribution in [3.8, 4) is 0 Å². The Balaban J connectivity index is 2.05. The highest BCUT2D eigenvalue weighted by Crippen LogP contribution is 2.17. The molecule has 0 aromatic heterocycles. The van der Waals surface area contributed by atoms with E-state index in [9.17, 15) is 0 Å². The first-order valence-electron chi connectivity index (χ1n) is 6.76. The van der Waals surface area contributed by atoms with Gasteiger partial charge in [-0.3, -0.25) is 0 Å². The van der Waals surface area contributed by atoms with Gasteiger partial charge in [0.15, 0.2) is 0 Å². The average molecular weight is 231 g/mol. The van der Waals surface area contributed by atoms with Crippen molar-refractivity contribution in [3.05, 3.63) is 48.6 Å². The predicted molar refractivity (Wildman–Crippen MR) is 75.9 cm³/mol. The van der Waals surface area contributed by atoms with E-state index in [2.05, 4.69) is 30.8 Å². The van der Waals surface area contributed by atoms with Crippen molar-refractivity contribution < 1.29 is 0 Å². The molecule has 0 spiro atoms. The van der Waals surface area contributed by atoms with Crippen molar-refractivity contribution in [1.29, 1.82) is 0 Å². The highest BCUT2D eigenvalue weighted by Gasteiger charge is 2.03. The van der Waals surface area contributed by atoms with Crippen LogP contribution in [-0.4, -0.2) is 0 Å². The van der Waals surface area contributed by atoms with Crippen LogP contribution >= 0.6 is 0 Å². The smallest absolute Gasteiger partial charge is 0.0294 e. The second kappa shape index (κ2) is 9.00. The van der Waals surface area contributed by atoms with Gasteiger partial charge in [-0.15, -0.1) is 6.58 Å². The first kappa shape index (κ1) is 14.0. The number of hydrogen-bond donors (Lipinski definition) is 1. The van der Waals surface area contributed by atoms with Crippen LogP contribution in [-0.2, 0) is 0 Å². The Morgan fingerprint density at radius 3 is 2.35 bits per heavy atom. The SMILES string of the molecule is C=CCCCCCCCC(N)c1ccccc1. The van der Waals surface area contributed by atoms with Gasteiger partial charge >= 0.3 is 0 Å². The van der Waals surface area contributed by atoms with Crippen molar-refractivity contribution in [3.63, 3.8) is 0 Å². The molecule has 0 bridgehead atoms. The maximum Gasteiger partial charge on any atom is 0.0294 e. The van der Waals surface area contributed by atoms with Crippen molar-refractivity contribution in [2.75, 3.05) is 0 Å². The highest BCUT2D eigenvalue weighted by atomic mass is 14.6. The first-order valence-corrected chi connectivity index (χ1v) is 6.76. The third-order valence-electron chi connectivity index (χ3n) is 3.15. The van der Waals surface area contributed by atoms with E-state index in [1.165, 1.54) is 37.7 Å². The Hall–Kier alpha value is -1.08. The van der Waals surface area contributed by atoms with Crippen LogP contribution in [0.5, 0.6) is 0 Å². The number of unbranched alkanes of at least 4 members (excludes halogenated alkanes) is 5. The molecule has 1 rings (SSSR count). The number of benzene rings is 1. The van der Waals surface area contributed by atoms with Gasteiger partial charge in [0.25, 0.3) is 0 Å². The maximum atomic E-state index is 6.14. The average Bonchev–Trinajstić information content (AvgIpc) is 2.38. The van der Waals surface area contributed by atoms with E-state index in [1.807, 2.05) is 12.1 Å². The normalized spacial score (nSPS) is 12.3. The van der Waals surface area contributed by atoms with E-state index in [4.69, 9.17) is 5.73 Å². The van der Waals surface area contributed by atoms with E-state index in [0.29, 0.717) is 0 Å². The molecule has 0 saturated carbocycles. The summed E-state index contributed by atoms with van der Waals surface area (Å²) in [6, 6.07) is 10.6. The number of rotatable bonds is 9. The second-order valence-corrected chi connectivity index (χ2v) is 4.65. The monoisotopic (exact) mass is 231 g/mol. The summed E-state index contributed by atoms with van der Waals surface area (Å²) in [5.74, 6) is 0. The zero-order chi connectivity index (χ0) is 12.3. The zero-order valence-electron chi connectivity index (χ0n) is 10.8. The minimum atomic E-state index is 0.212. The fourth-order valence-corrected chi connectivity index (χ4v) is 2.05. The summed E-state index contributed by atoms with van der Waals surface area (Å²) in [4.78, 5) is 0. The van der Waals surface area contributed by atoms with Gasteiger partial charge in [-0.2, -0.15) is 0 Å². The van der Waals surface area contributed by atoms with Gasteiger partial charge in [-0.1, -0.05) is 62.1 Å². The Morgan fingerprint density at radius 1 is 1.00 bits per heavy atom. The molecule has 1 unspecified atom stereocenters. The largest absolute Gasteiger partial charge is 0.324 e. The Kier molecular flexibility index (Phi) is 7.40. The van der Waals surface area contributed by atoms with E-state index in [0.717, 1.165) is 12.8 Å². The fourth-order valence-electron chi connectivity index (χ4n) is 2.05. The van der Waals surface area contributed by atoms with Crippen LogP contribution < -0.4 is 5.73 Å². The lowest BCUT2D eigenvalue weighted by Crippen LogP contribution is -2.09. The summed E-state index contributed by atoms with van der Waals surface area (Å²) in [6.45, 7) is 3.73. The molecule has 0 aliphatic carbocycles. The molecule has 17 heavy (non-hydrogen) atoms. The number of nitrogens with two attached hydrogens (primary N) is 1. The molecule has 0 radical (unpaired) electrons. The second-order valence-electron chi connectivity index (χ2n) is 4.65. The molecule has 2 N–H and O–H groups in total. The summed E-state index contributed by atoms with van der Waals surface area (Å²) in [6.07, 6.45) is 10.7. The minimum absolute atomic E-state index is 0.212. The highest BCUT2D eigenvalue weighted by molar-refractivity contribution is 5.18. The molecule has 1 aromatic rings. The zero-order valence-corrected chi connectivity index (χ0v) is 10.8. The van der Waals surface area contributed by atoms with Crippen LogP contribution in [0.4, 0.5) is 0 Å². The van der Waals surface area contributed by atoms with Crippen molar-refractivity contribution in [2.24, 2.45) is 5.73 Å². The van der Waals surface area contributed by atoms with Gasteiger partial charge in [-0.25, -0.2) is 0 Å². The molecule has 1 heteroatoms. The first-order chi connectivity index (χ1) is 8.34. The van der Waals surface area contributed by atoms with Crippen LogP contribution in [0.15, 0.2) is 43.0 Å². The third-order valence-corrected chi connectivity index (χ3v) is 3.15. The summed E-state index contributed by atoms with van der Waals surface area (Å²) >= 11 is 0. The molecule has 1 atom stereocenters. The van der Waals surface area contributed by atoms with E-state index in [-0.39, 0.29) is 6.04 Å². The van der Waals surface area contributed by atoms with Crippen LogP contribution in [0.25, 0.3) is 0 Å².